The first kappa shape index (κ1) is 21.0. The number of carbonyl (C=O) groups is 1. The number of methoxy groups -OCH3 is 2. The highest BCUT2D eigenvalue weighted by Gasteiger charge is 2.18. The van der Waals surface area contributed by atoms with E-state index >= 15 is 0 Å². The molecule has 0 atom stereocenters. The number of amides is 1. The third kappa shape index (κ3) is 4.89. The highest BCUT2D eigenvalue weighted by atomic mass is 32.2. The third-order valence-corrected chi connectivity index (χ3v) is 6.19. The zero-order chi connectivity index (χ0) is 21.6. The lowest BCUT2D eigenvalue weighted by molar-refractivity contribution is -0.113. The maximum atomic E-state index is 12.5. The molecule has 0 spiro atoms. The van der Waals surface area contributed by atoms with E-state index in [0.29, 0.717) is 16.6 Å². The fourth-order valence-corrected chi connectivity index (χ4v) is 4.37. The van der Waals surface area contributed by atoms with Crippen LogP contribution in [0.5, 0.6) is 11.5 Å². The first-order valence-electron chi connectivity index (χ1n) is 9.38. The van der Waals surface area contributed by atoms with Crippen molar-refractivity contribution in [2.24, 2.45) is 0 Å². The molecule has 31 heavy (non-hydrogen) atoms. The number of hydrogen-bond acceptors (Lipinski definition) is 7. The van der Waals surface area contributed by atoms with E-state index in [4.69, 9.17) is 9.47 Å². The normalized spacial score (nSPS) is 10.6. The highest BCUT2D eigenvalue weighted by Crippen LogP contribution is 2.31. The predicted octanol–water partition coefficient (Wildman–Crippen LogP) is 4.74. The van der Waals surface area contributed by atoms with Crippen molar-refractivity contribution in [2.45, 2.75) is 5.16 Å². The second kappa shape index (κ2) is 9.67. The minimum atomic E-state index is -0.139. The smallest absolute Gasteiger partial charge is 0.234 e. The van der Waals surface area contributed by atoms with Gasteiger partial charge in [0.2, 0.25) is 5.91 Å². The van der Waals surface area contributed by atoms with Crippen molar-refractivity contribution in [2.75, 3.05) is 25.3 Å². The summed E-state index contributed by atoms with van der Waals surface area (Å²) in [5.41, 5.74) is 1.57. The SMILES string of the molecule is COc1ccc(-n2c(SCC(=O)Nc3cccc(OC)c3)nnc2-c2cccs2)cc1. The van der Waals surface area contributed by atoms with Gasteiger partial charge >= 0.3 is 0 Å². The van der Waals surface area contributed by atoms with Crippen molar-refractivity contribution in [3.05, 3.63) is 66.0 Å². The lowest BCUT2D eigenvalue weighted by Gasteiger charge is -2.11. The van der Waals surface area contributed by atoms with Crippen LogP contribution in [0.3, 0.4) is 0 Å². The van der Waals surface area contributed by atoms with Gasteiger partial charge in [0.05, 0.1) is 30.5 Å². The van der Waals surface area contributed by atoms with Crippen LogP contribution >= 0.6 is 23.1 Å². The molecule has 0 radical (unpaired) electrons. The maximum absolute atomic E-state index is 12.5. The highest BCUT2D eigenvalue weighted by molar-refractivity contribution is 7.99. The molecule has 2 aromatic carbocycles. The molecule has 0 saturated heterocycles. The number of thiophene rings is 1. The molecule has 0 saturated carbocycles. The molecule has 1 N–H and O–H groups in total. The van der Waals surface area contributed by atoms with Crippen molar-refractivity contribution in [3.63, 3.8) is 0 Å². The predicted molar refractivity (Wildman–Crippen MR) is 124 cm³/mol. The van der Waals surface area contributed by atoms with Crippen LogP contribution < -0.4 is 14.8 Å². The molecule has 9 heteroatoms. The van der Waals surface area contributed by atoms with Gasteiger partial charge in [-0.15, -0.1) is 21.5 Å². The van der Waals surface area contributed by atoms with Crippen LogP contribution in [0, 0.1) is 0 Å². The van der Waals surface area contributed by atoms with Gasteiger partial charge in [-0.2, -0.15) is 0 Å². The van der Waals surface area contributed by atoms with E-state index in [2.05, 4.69) is 15.5 Å². The zero-order valence-corrected chi connectivity index (χ0v) is 18.6. The van der Waals surface area contributed by atoms with Gasteiger partial charge in [-0.3, -0.25) is 9.36 Å². The van der Waals surface area contributed by atoms with E-state index in [9.17, 15) is 4.79 Å². The third-order valence-electron chi connectivity index (χ3n) is 4.39. The molecule has 2 aromatic heterocycles. The molecule has 0 bridgehead atoms. The van der Waals surface area contributed by atoms with Crippen LogP contribution in [0.4, 0.5) is 5.69 Å². The fourth-order valence-electron chi connectivity index (χ4n) is 2.92. The van der Waals surface area contributed by atoms with Crippen LogP contribution in [-0.4, -0.2) is 40.6 Å². The van der Waals surface area contributed by atoms with Gasteiger partial charge in [0, 0.05) is 11.8 Å². The lowest BCUT2D eigenvalue weighted by Crippen LogP contribution is -2.14. The lowest BCUT2D eigenvalue weighted by atomic mass is 10.3. The summed E-state index contributed by atoms with van der Waals surface area (Å²) in [6, 6.07) is 18.9. The van der Waals surface area contributed by atoms with Crippen LogP contribution in [0.1, 0.15) is 0 Å². The topological polar surface area (TPSA) is 78.3 Å². The number of anilines is 1. The maximum Gasteiger partial charge on any atom is 0.234 e. The molecule has 158 valence electrons. The Hall–Kier alpha value is -3.30. The number of ether oxygens (including phenoxy) is 2. The average molecular weight is 453 g/mol. The number of thioether (sulfide) groups is 1. The largest absolute Gasteiger partial charge is 0.497 e. The van der Waals surface area contributed by atoms with E-state index in [1.54, 1.807) is 31.6 Å². The number of benzene rings is 2. The summed E-state index contributed by atoms with van der Waals surface area (Å²) in [6.45, 7) is 0. The Balaban J connectivity index is 1.55. The Morgan fingerprint density at radius 2 is 1.84 bits per heavy atom. The first-order chi connectivity index (χ1) is 15.2. The van der Waals surface area contributed by atoms with Crippen LogP contribution in [-0.2, 0) is 4.79 Å². The summed E-state index contributed by atoms with van der Waals surface area (Å²) in [5, 5.41) is 14.2. The average Bonchev–Trinajstić information content (AvgIpc) is 3.47. The second-order valence-corrected chi connectivity index (χ2v) is 8.28. The Bertz CT molecular complexity index is 1160. The summed E-state index contributed by atoms with van der Waals surface area (Å²) in [5.74, 6) is 2.23. The minimum Gasteiger partial charge on any atom is -0.497 e. The van der Waals surface area contributed by atoms with Crippen molar-refractivity contribution < 1.29 is 14.3 Å². The Kier molecular flexibility index (Phi) is 6.54. The molecule has 4 aromatic rings. The summed E-state index contributed by atoms with van der Waals surface area (Å²) in [4.78, 5) is 13.5. The molecule has 0 aliphatic rings. The monoisotopic (exact) mass is 452 g/mol. The van der Waals surface area contributed by atoms with Gasteiger partial charge in [0.15, 0.2) is 11.0 Å². The second-order valence-electron chi connectivity index (χ2n) is 6.39. The molecular weight excluding hydrogens is 432 g/mol. The molecule has 4 rings (SSSR count). The summed E-state index contributed by atoms with van der Waals surface area (Å²) in [7, 11) is 3.22. The van der Waals surface area contributed by atoms with Crippen LogP contribution in [0.25, 0.3) is 16.4 Å². The fraction of sp³-hybridized carbons (Fsp3) is 0.136. The Morgan fingerprint density at radius 3 is 2.55 bits per heavy atom. The molecule has 7 nitrogen and oxygen atoms in total. The molecule has 0 unspecified atom stereocenters. The summed E-state index contributed by atoms with van der Waals surface area (Å²) >= 11 is 2.91. The number of rotatable bonds is 8. The van der Waals surface area contributed by atoms with Gasteiger partial charge in [-0.25, -0.2) is 0 Å². The number of carbonyl (C=O) groups excluding carboxylic acids is 1. The number of nitrogens with zero attached hydrogens (tertiary/aromatic N) is 3. The number of aromatic nitrogens is 3. The standard InChI is InChI=1S/C22H20N4O3S2/c1-28-17-10-8-16(9-11-17)26-21(19-7-4-12-30-19)24-25-22(26)31-14-20(27)23-15-5-3-6-18(13-15)29-2/h3-13H,14H2,1-2H3,(H,23,27). The van der Waals surface area contributed by atoms with Gasteiger partial charge < -0.3 is 14.8 Å². The first-order valence-corrected chi connectivity index (χ1v) is 11.2. The van der Waals surface area contributed by atoms with E-state index in [0.717, 1.165) is 22.1 Å². The van der Waals surface area contributed by atoms with Gasteiger partial charge in [-0.05, 0) is 47.8 Å². The van der Waals surface area contributed by atoms with Gasteiger partial charge in [0.1, 0.15) is 11.5 Å². The molecular formula is C22H20N4O3S2. The van der Waals surface area contributed by atoms with Gasteiger partial charge in [0.25, 0.3) is 0 Å². The van der Waals surface area contributed by atoms with E-state index < -0.39 is 0 Å². The van der Waals surface area contributed by atoms with Crippen LogP contribution in [0.15, 0.2) is 71.2 Å². The van der Waals surface area contributed by atoms with E-state index in [-0.39, 0.29) is 11.7 Å². The Morgan fingerprint density at radius 1 is 1.03 bits per heavy atom. The van der Waals surface area contributed by atoms with E-state index in [1.807, 2.05) is 64.5 Å². The van der Waals surface area contributed by atoms with Crippen molar-refractivity contribution in [1.29, 1.82) is 0 Å². The summed E-state index contributed by atoms with van der Waals surface area (Å²) in [6.07, 6.45) is 0. The van der Waals surface area contributed by atoms with Crippen molar-refractivity contribution >= 4 is 34.7 Å². The number of hydrogen-bond donors (Lipinski definition) is 1. The molecule has 0 aliphatic heterocycles. The Labute approximate surface area is 188 Å². The van der Waals surface area contributed by atoms with E-state index in [1.165, 1.54) is 11.8 Å². The molecule has 0 aliphatic carbocycles. The molecule has 0 fully saturated rings. The van der Waals surface area contributed by atoms with Crippen LogP contribution in [0.2, 0.25) is 0 Å². The van der Waals surface area contributed by atoms with Gasteiger partial charge in [-0.1, -0.05) is 23.9 Å². The quantitative estimate of drug-likeness (QED) is 0.389. The zero-order valence-electron chi connectivity index (χ0n) is 16.9. The van der Waals surface area contributed by atoms with Crippen molar-refractivity contribution in [3.8, 4) is 27.9 Å². The molecule has 2 heterocycles. The minimum absolute atomic E-state index is 0.139. The van der Waals surface area contributed by atoms with Crippen molar-refractivity contribution in [1.82, 2.24) is 14.8 Å². The number of nitrogens with one attached hydrogen (secondary N) is 1. The summed E-state index contributed by atoms with van der Waals surface area (Å²) < 4.78 is 12.4. The molecule has 1 amide bonds.